The third-order valence-electron chi connectivity index (χ3n) is 2.93. The van der Waals surface area contributed by atoms with Gasteiger partial charge >= 0.3 is 12.0 Å². The Morgan fingerprint density at radius 1 is 1.31 bits per heavy atom. The highest BCUT2D eigenvalue weighted by molar-refractivity contribution is 7.89. The number of nitrogens with one attached hydrogen (secondary N) is 2. The molecule has 0 aliphatic heterocycles. The molecule has 9 nitrogen and oxygen atoms in total. The number of benzene rings is 1. The summed E-state index contributed by atoms with van der Waals surface area (Å²) in [6.45, 7) is 2.80. The average molecular weight is 404 g/mol. The van der Waals surface area contributed by atoms with Crippen LogP contribution in [0.25, 0.3) is 0 Å². The van der Waals surface area contributed by atoms with Crippen molar-refractivity contribution < 1.29 is 27.5 Å². The Kier molecular flexibility index (Phi) is 7.75. The number of rotatable bonds is 7. The third-order valence-corrected chi connectivity index (χ3v) is 5.07. The van der Waals surface area contributed by atoms with E-state index in [0.717, 1.165) is 10.4 Å². The van der Waals surface area contributed by atoms with Gasteiger partial charge in [0.15, 0.2) is 6.61 Å². The molecule has 2 N–H and O–H groups in total. The largest absolute Gasteiger partial charge is 0.452 e. The summed E-state index contributed by atoms with van der Waals surface area (Å²) in [5.41, 5.74) is -0.224. The Morgan fingerprint density at radius 2 is 1.96 bits per heavy atom. The lowest BCUT2D eigenvalue weighted by molar-refractivity contribution is -0.123. The van der Waals surface area contributed by atoms with Crippen molar-refractivity contribution in [2.45, 2.75) is 4.90 Å². The first-order valence-corrected chi connectivity index (χ1v) is 8.99. The van der Waals surface area contributed by atoms with Gasteiger partial charge in [-0.3, -0.25) is 10.1 Å². The monoisotopic (exact) mass is 403 g/mol. The molecule has 11 heteroatoms. The van der Waals surface area contributed by atoms with Crippen LogP contribution in [0.1, 0.15) is 10.4 Å². The quantitative estimate of drug-likeness (QED) is 0.512. The first kappa shape index (κ1) is 21.6. The van der Waals surface area contributed by atoms with Crippen molar-refractivity contribution in [3.05, 3.63) is 41.4 Å². The van der Waals surface area contributed by atoms with Crippen LogP contribution in [-0.2, 0) is 19.6 Å². The van der Waals surface area contributed by atoms with Gasteiger partial charge < -0.3 is 10.1 Å². The molecule has 0 aliphatic rings. The van der Waals surface area contributed by atoms with Crippen LogP contribution < -0.4 is 10.6 Å². The zero-order valence-electron chi connectivity index (χ0n) is 14.1. The Bertz CT molecular complexity index is 823. The fourth-order valence-corrected chi connectivity index (χ4v) is 2.74. The molecule has 0 atom stereocenters. The number of imide groups is 1. The van der Waals surface area contributed by atoms with Crippen LogP contribution in [0.5, 0.6) is 0 Å². The summed E-state index contributed by atoms with van der Waals surface area (Å²) >= 11 is 5.89. The Morgan fingerprint density at radius 3 is 2.54 bits per heavy atom. The minimum Gasteiger partial charge on any atom is -0.452 e. The molecule has 0 fully saturated rings. The highest BCUT2D eigenvalue weighted by atomic mass is 35.5. The summed E-state index contributed by atoms with van der Waals surface area (Å²) in [5, 5.41) is 4.20. The lowest BCUT2D eigenvalue weighted by Crippen LogP contribution is -2.41. The van der Waals surface area contributed by atoms with E-state index in [1.807, 2.05) is 5.32 Å². The first-order chi connectivity index (χ1) is 12.1. The Hall–Kier alpha value is -2.43. The number of halogens is 1. The summed E-state index contributed by atoms with van der Waals surface area (Å²) in [5.74, 6) is -1.87. The van der Waals surface area contributed by atoms with Crippen molar-refractivity contribution in [1.82, 2.24) is 14.9 Å². The molecule has 0 heterocycles. The van der Waals surface area contributed by atoms with Crippen molar-refractivity contribution in [2.24, 2.45) is 0 Å². The van der Waals surface area contributed by atoms with Gasteiger partial charge in [0.2, 0.25) is 10.0 Å². The van der Waals surface area contributed by atoms with Crippen LogP contribution in [0.3, 0.4) is 0 Å². The molecule has 26 heavy (non-hydrogen) atoms. The average Bonchev–Trinajstić information content (AvgIpc) is 2.57. The van der Waals surface area contributed by atoms with E-state index >= 15 is 0 Å². The van der Waals surface area contributed by atoms with E-state index < -0.39 is 34.5 Å². The summed E-state index contributed by atoms with van der Waals surface area (Å²) in [6, 6.07) is 2.75. The lowest BCUT2D eigenvalue weighted by Gasteiger charge is -2.13. The van der Waals surface area contributed by atoms with Gasteiger partial charge in [-0.25, -0.2) is 22.3 Å². The Balaban J connectivity index is 2.80. The van der Waals surface area contributed by atoms with E-state index in [1.165, 1.54) is 32.3 Å². The molecule has 3 amide bonds. The van der Waals surface area contributed by atoms with Crippen molar-refractivity contribution in [1.29, 1.82) is 0 Å². The maximum absolute atomic E-state index is 12.1. The summed E-state index contributed by atoms with van der Waals surface area (Å²) in [4.78, 5) is 34.7. The molecular formula is C15H18ClN3O6S. The maximum atomic E-state index is 12.1. The van der Waals surface area contributed by atoms with Gasteiger partial charge in [-0.2, -0.15) is 0 Å². The highest BCUT2D eigenvalue weighted by Gasteiger charge is 2.22. The first-order valence-electron chi connectivity index (χ1n) is 7.17. The van der Waals surface area contributed by atoms with Crippen LogP contribution in [-0.4, -0.2) is 57.9 Å². The summed E-state index contributed by atoms with van der Waals surface area (Å²) < 4.78 is 29.9. The number of hydrogen-bond acceptors (Lipinski definition) is 6. The SMILES string of the molecule is C=CCNC(=O)NC(=O)COC(=O)c1cc(S(=O)(=O)N(C)C)ccc1Cl. The second-order valence-electron chi connectivity index (χ2n) is 5.05. The van der Waals surface area contributed by atoms with E-state index in [-0.39, 0.29) is 22.0 Å². The normalized spacial score (nSPS) is 10.9. The molecular weight excluding hydrogens is 386 g/mol. The van der Waals surface area contributed by atoms with Gasteiger partial charge in [-0.05, 0) is 18.2 Å². The number of ether oxygens (including phenoxy) is 1. The standard InChI is InChI=1S/C15H18ClN3O6S/c1-4-7-17-15(22)18-13(20)9-25-14(21)11-8-10(5-6-12(11)16)26(23,24)19(2)3/h4-6,8H,1,7,9H2,2-3H3,(H2,17,18,20,22). The molecule has 1 aromatic rings. The summed E-state index contributed by atoms with van der Waals surface area (Å²) in [7, 11) is -1.11. The molecule has 1 aromatic carbocycles. The number of urea groups is 1. The van der Waals surface area contributed by atoms with Crippen molar-refractivity contribution in [3.63, 3.8) is 0 Å². The molecule has 142 valence electrons. The van der Waals surface area contributed by atoms with Gasteiger partial charge in [0.05, 0.1) is 15.5 Å². The predicted octanol–water partition coefficient (Wildman–Crippen LogP) is 0.759. The van der Waals surface area contributed by atoms with Crippen molar-refractivity contribution in [2.75, 3.05) is 27.2 Å². The number of nitrogens with zero attached hydrogens (tertiary/aromatic N) is 1. The van der Waals surface area contributed by atoms with Gasteiger partial charge in [-0.15, -0.1) is 6.58 Å². The summed E-state index contributed by atoms with van der Waals surface area (Å²) in [6.07, 6.45) is 1.42. The number of carbonyl (C=O) groups is 3. The molecule has 0 aliphatic carbocycles. The van der Waals surface area contributed by atoms with Crippen LogP contribution in [0.4, 0.5) is 4.79 Å². The smallest absolute Gasteiger partial charge is 0.340 e. The fourth-order valence-electron chi connectivity index (χ4n) is 1.61. The van der Waals surface area contributed by atoms with E-state index in [1.54, 1.807) is 0 Å². The second kappa shape index (κ2) is 9.32. The van der Waals surface area contributed by atoms with Crippen LogP contribution in [0.15, 0.2) is 35.7 Å². The van der Waals surface area contributed by atoms with E-state index in [4.69, 9.17) is 16.3 Å². The third kappa shape index (κ3) is 5.83. The van der Waals surface area contributed by atoms with E-state index in [9.17, 15) is 22.8 Å². The van der Waals surface area contributed by atoms with E-state index in [0.29, 0.717) is 0 Å². The number of carbonyl (C=O) groups excluding carboxylic acids is 3. The highest BCUT2D eigenvalue weighted by Crippen LogP contribution is 2.22. The zero-order chi connectivity index (χ0) is 19.9. The lowest BCUT2D eigenvalue weighted by atomic mass is 10.2. The predicted molar refractivity (Wildman–Crippen MR) is 94.3 cm³/mol. The molecule has 0 saturated heterocycles. The second-order valence-corrected chi connectivity index (χ2v) is 7.61. The number of sulfonamides is 1. The van der Waals surface area contributed by atoms with Crippen LogP contribution in [0.2, 0.25) is 5.02 Å². The van der Waals surface area contributed by atoms with Crippen LogP contribution >= 0.6 is 11.6 Å². The number of amides is 3. The molecule has 0 unspecified atom stereocenters. The maximum Gasteiger partial charge on any atom is 0.340 e. The number of esters is 1. The van der Waals surface area contributed by atoms with Crippen molar-refractivity contribution >= 4 is 39.5 Å². The van der Waals surface area contributed by atoms with Gasteiger partial charge in [0.1, 0.15) is 0 Å². The molecule has 0 radical (unpaired) electrons. The molecule has 0 spiro atoms. The topological polar surface area (TPSA) is 122 Å². The minimum atomic E-state index is -3.78. The molecule has 1 rings (SSSR count). The molecule has 0 saturated carbocycles. The van der Waals surface area contributed by atoms with Crippen molar-refractivity contribution in [3.8, 4) is 0 Å². The minimum absolute atomic E-state index is 0.0446. The van der Waals surface area contributed by atoms with E-state index in [2.05, 4.69) is 11.9 Å². The van der Waals surface area contributed by atoms with Gasteiger partial charge in [0.25, 0.3) is 5.91 Å². The Labute approximate surface area is 156 Å². The molecule has 0 aromatic heterocycles. The fraction of sp³-hybridized carbons (Fsp3) is 0.267. The van der Waals surface area contributed by atoms with Gasteiger partial charge in [-0.1, -0.05) is 17.7 Å². The molecule has 0 bridgehead atoms. The zero-order valence-corrected chi connectivity index (χ0v) is 15.7. The van der Waals surface area contributed by atoms with Gasteiger partial charge in [0, 0.05) is 20.6 Å². The van der Waals surface area contributed by atoms with Crippen LogP contribution in [0, 0.1) is 0 Å². The number of hydrogen-bond donors (Lipinski definition) is 2.